The van der Waals surface area contributed by atoms with E-state index in [2.05, 4.69) is 12.1 Å². The van der Waals surface area contributed by atoms with Gasteiger partial charge < -0.3 is 9.84 Å². The molecule has 1 aromatic carbocycles. The third-order valence-electron chi connectivity index (χ3n) is 2.91. The van der Waals surface area contributed by atoms with Crippen LogP contribution in [0.4, 0.5) is 0 Å². The van der Waals surface area contributed by atoms with Crippen molar-refractivity contribution in [3.63, 3.8) is 0 Å². The zero-order valence-corrected chi connectivity index (χ0v) is 10.2. The number of ether oxygens (including phenoxy) is 1. The van der Waals surface area contributed by atoms with Gasteiger partial charge in [-0.1, -0.05) is 12.1 Å². The number of hydrogen-bond acceptors (Lipinski definition) is 3. The minimum atomic E-state index is 0.131. The first-order valence-corrected chi connectivity index (χ1v) is 6.77. The summed E-state index contributed by atoms with van der Waals surface area (Å²) in [6, 6.07) is 8.16. The highest BCUT2D eigenvalue weighted by Crippen LogP contribution is 2.26. The zero-order chi connectivity index (χ0) is 11.2. The molecule has 1 heterocycles. The lowest BCUT2D eigenvalue weighted by atomic mass is 10.0. The van der Waals surface area contributed by atoms with Crippen LogP contribution in [-0.2, 0) is 11.3 Å². The van der Waals surface area contributed by atoms with Crippen molar-refractivity contribution >= 4 is 11.8 Å². The molecule has 0 saturated carbocycles. The highest BCUT2D eigenvalue weighted by atomic mass is 32.2. The Hall–Kier alpha value is -0.510. The van der Waals surface area contributed by atoms with E-state index in [0.717, 1.165) is 30.4 Å². The van der Waals surface area contributed by atoms with E-state index in [1.54, 1.807) is 0 Å². The maximum atomic E-state index is 9.05. The van der Waals surface area contributed by atoms with Crippen LogP contribution in [0.2, 0.25) is 0 Å². The van der Waals surface area contributed by atoms with E-state index in [1.165, 1.54) is 17.7 Å². The van der Waals surface area contributed by atoms with Crippen molar-refractivity contribution in [1.82, 2.24) is 0 Å². The van der Waals surface area contributed by atoms with Gasteiger partial charge in [-0.25, -0.2) is 0 Å². The molecule has 1 fully saturated rings. The molecule has 0 aliphatic carbocycles. The number of hydrogen-bond donors (Lipinski definition) is 1. The fourth-order valence-electron chi connectivity index (χ4n) is 1.86. The number of aliphatic hydroxyl groups excluding tert-OH is 1. The van der Waals surface area contributed by atoms with Gasteiger partial charge in [0.15, 0.2) is 0 Å². The van der Waals surface area contributed by atoms with Gasteiger partial charge in [0.05, 0.1) is 6.61 Å². The Balaban J connectivity index is 1.83. The molecule has 0 spiro atoms. The van der Waals surface area contributed by atoms with E-state index in [0.29, 0.717) is 0 Å². The molecule has 0 bridgehead atoms. The fourth-order valence-corrected chi connectivity index (χ4v) is 3.03. The Morgan fingerprint density at radius 2 is 2.12 bits per heavy atom. The molecule has 1 aliphatic heterocycles. The Bertz CT molecular complexity index is 321. The number of aliphatic hydroxyl groups is 1. The van der Waals surface area contributed by atoms with E-state index < -0.39 is 0 Å². The topological polar surface area (TPSA) is 29.5 Å². The van der Waals surface area contributed by atoms with Crippen molar-refractivity contribution in [2.24, 2.45) is 5.92 Å². The van der Waals surface area contributed by atoms with Crippen molar-refractivity contribution in [3.8, 4) is 0 Å². The standard InChI is InChI=1S/C13H18O2S/c14-9-12-2-1-3-13(8-12)16-10-11-4-6-15-7-5-11/h1-3,8,11,14H,4-7,9-10H2. The summed E-state index contributed by atoms with van der Waals surface area (Å²) in [6.45, 7) is 1.97. The van der Waals surface area contributed by atoms with Crippen molar-refractivity contribution in [1.29, 1.82) is 0 Å². The summed E-state index contributed by atoms with van der Waals surface area (Å²) in [5, 5.41) is 9.05. The van der Waals surface area contributed by atoms with Crippen LogP contribution in [0.3, 0.4) is 0 Å². The number of benzene rings is 1. The maximum absolute atomic E-state index is 9.05. The van der Waals surface area contributed by atoms with Gasteiger partial charge in [-0.2, -0.15) is 0 Å². The van der Waals surface area contributed by atoms with Gasteiger partial charge in [-0.3, -0.25) is 0 Å². The summed E-state index contributed by atoms with van der Waals surface area (Å²) < 4.78 is 5.35. The molecule has 16 heavy (non-hydrogen) atoms. The van der Waals surface area contributed by atoms with E-state index >= 15 is 0 Å². The average molecular weight is 238 g/mol. The number of thioether (sulfide) groups is 1. The predicted molar refractivity (Wildman–Crippen MR) is 66.6 cm³/mol. The van der Waals surface area contributed by atoms with Crippen LogP contribution in [0.25, 0.3) is 0 Å². The average Bonchev–Trinajstić information content (AvgIpc) is 2.38. The van der Waals surface area contributed by atoms with Crippen LogP contribution in [0.5, 0.6) is 0 Å². The molecule has 2 nitrogen and oxygen atoms in total. The molecule has 0 atom stereocenters. The van der Waals surface area contributed by atoms with Crippen LogP contribution >= 0.6 is 11.8 Å². The fraction of sp³-hybridized carbons (Fsp3) is 0.538. The summed E-state index contributed by atoms with van der Waals surface area (Å²) in [5.41, 5.74) is 0.997. The van der Waals surface area contributed by atoms with Crippen molar-refractivity contribution in [2.75, 3.05) is 19.0 Å². The Kier molecular flexibility index (Phi) is 4.69. The highest BCUT2D eigenvalue weighted by molar-refractivity contribution is 7.99. The van der Waals surface area contributed by atoms with Crippen molar-refractivity contribution < 1.29 is 9.84 Å². The molecular weight excluding hydrogens is 220 g/mol. The highest BCUT2D eigenvalue weighted by Gasteiger charge is 2.13. The summed E-state index contributed by atoms with van der Waals surface area (Å²) in [7, 11) is 0. The summed E-state index contributed by atoms with van der Waals surface area (Å²) in [6.07, 6.45) is 2.37. The second-order valence-corrected chi connectivity index (χ2v) is 5.27. The van der Waals surface area contributed by atoms with E-state index in [-0.39, 0.29) is 6.61 Å². The third-order valence-corrected chi connectivity index (χ3v) is 4.13. The minimum absolute atomic E-state index is 0.131. The number of rotatable bonds is 4. The first kappa shape index (κ1) is 12.0. The summed E-state index contributed by atoms with van der Waals surface area (Å²) >= 11 is 1.89. The van der Waals surface area contributed by atoms with Crippen LogP contribution in [0, 0.1) is 5.92 Å². The Labute approximate surface area is 101 Å². The molecule has 0 radical (unpaired) electrons. The van der Waals surface area contributed by atoms with Gasteiger partial charge >= 0.3 is 0 Å². The Morgan fingerprint density at radius 3 is 2.88 bits per heavy atom. The largest absolute Gasteiger partial charge is 0.392 e. The lowest BCUT2D eigenvalue weighted by molar-refractivity contribution is 0.0728. The molecule has 1 aliphatic rings. The van der Waals surface area contributed by atoms with Gasteiger partial charge in [-0.05, 0) is 36.5 Å². The molecule has 0 unspecified atom stereocenters. The molecular formula is C13H18O2S. The quantitative estimate of drug-likeness (QED) is 0.818. The second-order valence-electron chi connectivity index (χ2n) is 4.17. The van der Waals surface area contributed by atoms with E-state index in [4.69, 9.17) is 9.84 Å². The van der Waals surface area contributed by atoms with Gasteiger partial charge in [-0.15, -0.1) is 11.8 Å². The second kappa shape index (κ2) is 6.28. The molecule has 3 heteroatoms. The minimum Gasteiger partial charge on any atom is -0.392 e. The molecule has 1 saturated heterocycles. The van der Waals surface area contributed by atoms with Gasteiger partial charge in [0.2, 0.25) is 0 Å². The van der Waals surface area contributed by atoms with E-state index in [9.17, 15) is 0 Å². The predicted octanol–water partition coefficient (Wildman–Crippen LogP) is 2.70. The molecule has 1 aromatic rings. The molecule has 2 rings (SSSR count). The van der Waals surface area contributed by atoms with Gasteiger partial charge in [0.25, 0.3) is 0 Å². The van der Waals surface area contributed by atoms with Crippen LogP contribution < -0.4 is 0 Å². The third kappa shape index (κ3) is 3.51. The lowest BCUT2D eigenvalue weighted by Gasteiger charge is -2.21. The first-order valence-electron chi connectivity index (χ1n) is 5.79. The van der Waals surface area contributed by atoms with E-state index in [1.807, 2.05) is 23.9 Å². The zero-order valence-electron chi connectivity index (χ0n) is 9.39. The van der Waals surface area contributed by atoms with Crippen molar-refractivity contribution in [2.45, 2.75) is 24.3 Å². The maximum Gasteiger partial charge on any atom is 0.0682 e. The van der Waals surface area contributed by atoms with Gasteiger partial charge in [0, 0.05) is 23.9 Å². The monoisotopic (exact) mass is 238 g/mol. The smallest absolute Gasteiger partial charge is 0.0682 e. The summed E-state index contributed by atoms with van der Waals surface area (Å²) in [4.78, 5) is 1.26. The Morgan fingerprint density at radius 1 is 1.31 bits per heavy atom. The molecule has 0 amide bonds. The van der Waals surface area contributed by atoms with Crippen LogP contribution in [0.1, 0.15) is 18.4 Å². The normalized spacial score (nSPS) is 17.6. The molecule has 88 valence electrons. The SMILES string of the molecule is OCc1cccc(SCC2CCOCC2)c1. The summed E-state index contributed by atoms with van der Waals surface area (Å²) in [5.74, 6) is 1.95. The first-order chi connectivity index (χ1) is 7.88. The van der Waals surface area contributed by atoms with Gasteiger partial charge in [0.1, 0.15) is 0 Å². The van der Waals surface area contributed by atoms with Crippen molar-refractivity contribution in [3.05, 3.63) is 29.8 Å². The molecule has 0 aromatic heterocycles. The lowest BCUT2D eigenvalue weighted by Crippen LogP contribution is -2.17. The van der Waals surface area contributed by atoms with Crippen LogP contribution in [0.15, 0.2) is 29.2 Å². The molecule has 1 N–H and O–H groups in total. The van der Waals surface area contributed by atoms with Crippen LogP contribution in [-0.4, -0.2) is 24.1 Å².